The topological polar surface area (TPSA) is 110 Å². The average molecular weight is 227 g/mol. The van der Waals surface area contributed by atoms with Crippen molar-refractivity contribution in [3.8, 4) is 0 Å². The number of imidazole rings is 1. The number of aliphatic hydroxyl groups is 1. The van der Waals surface area contributed by atoms with E-state index < -0.39 is 18.3 Å². The molecule has 16 heavy (non-hydrogen) atoms. The molecule has 0 aliphatic heterocycles. The zero-order chi connectivity index (χ0) is 11.7. The van der Waals surface area contributed by atoms with Crippen molar-refractivity contribution in [2.24, 2.45) is 0 Å². The third-order valence-electron chi connectivity index (χ3n) is 2.08. The van der Waals surface area contributed by atoms with E-state index in [1.54, 1.807) is 0 Å². The number of nitrogen functional groups attached to an aromatic ring is 1. The molecule has 0 saturated heterocycles. The van der Waals surface area contributed by atoms with Crippen LogP contribution in [0.2, 0.25) is 0 Å². The summed E-state index contributed by atoms with van der Waals surface area (Å²) in [5.74, 6) is -0.0472. The van der Waals surface area contributed by atoms with Gasteiger partial charge in [-0.3, -0.25) is 9.78 Å². The molecule has 86 valence electrons. The van der Waals surface area contributed by atoms with Gasteiger partial charge in [-0.05, 0) is 0 Å². The Hall–Kier alpha value is -1.96. The monoisotopic (exact) mass is 227 g/mol. The van der Waals surface area contributed by atoms with Crippen LogP contribution in [0.3, 0.4) is 0 Å². The highest BCUT2D eigenvalue weighted by molar-refractivity contribution is 5.70. The van der Waals surface area contributed by atoms with Gasteiger partial charge in [0.15, 0.2) is 11.2 Å². The minimum atomic E-state index is -1.15. The van der Waals surface area contributed by atoms with E-state index in [9.17, 15) is 9.18 Å². The van der Waals surface area contributed by atoms with Gasteiger partial charge in [-0.1, -0.05) is 0 Å². The molecule has 1 atom stereocenters. The van der Waals surface area contributed by atoms with Crippen molar-refractivity contribution in [3.05, 3.63) is 16.7 Å². The lowest BCUT2D eigenvalue weighted by molar-refractivity contribution is 0.123. The van der Waals surface area contributed by atoms with Crippen molar-refractivity contribution in [1.29, 1.82) is 0 Å². The van der Waals surface area contributed by atoms with E-state index in [0.717, 1.165) is 0 Å². The van der Waals surface area contributed by atoms with E-state index in [4.69, 9.17) is 10.8 Å². The van der Waals surface area contributed by atoms with Crippen LogP contribution in [0.15, 0.2) is 11.1 Å². The van der Waals surface area contributed by atoms with Gasteiger partial charge in [0.05, 0.1) is 12.9 Å². The van der Waals surface area contributed by atoms with Crippen molar-refractivity contribution in [3.63, 3.8) is 0 Å². The highest BCUT2D eigenvalue weighted by atomic mass is 19.1. The van der Waals surface area contributed by atoms with E-state index in [-0.39, 0.29) is 23.7 Å². The van der Waals surface area contributed by atoms with Gasteiger partial charge < -0.3 is 15.4 Å². The molecule has 8 heteroatoms. The zero-order valence-corrected chi connectivity index (χ0v) is 8.22. The molecule has 7 nitrogen and oxygen atoms in total. The van der Waals surface area contributed by atoms with E-state index in [2.05, 4.69) is 15.0 Å². The Morgan fingerprint density at radius 3 is 3.12 bits per heavy atom. The number of aromatic amines is 1. The van der Waals surface area contributed by atoms with Gasteiger partial charge in [-0.25, -0.2) is 9.37 Å². The molecule has 0 amide bonds. The second-order valence-corrected chi connectivity index (χ2v) is 3.33. The number of fused-ring (bicyclic) bond motifs is 1. The van der Waals surface area contributed by atoms with Gasteiger partial charge in [0, 0.05) is 0 Å². The predicted octanol–water partition coefficient (Wildman–Crippen LogP) is -0.968. The summed E-state index contributed by atoms with van der Waals surface area (Å²) in [7, 11) is 0. The summed E-state index contributed by atoms with van der Waals surface area (Å²) >= 11 is 0. The van der Waals surface area contributed by atoms with Gasteiger partial charge >= 0.3 is 0 Å². The summed E-state index contributed by atoms with van der Waals surface area (Å²) in [6, 6.07) is 0. The fourth-order valence-corrected chi connectivity index (χ4v) is 1.38. The first-order valence-corrected chi connectivity index (χ1v) is 4.56. The summed E-state index contributed by atoms with van der Waals surface area (Å²) in [6.07, 6.45) is 0.158. The molecule has 2 rings (SSSR count). The quantitative estimate of drug-likeness (QED) is 0.625. The molecular weight excluding hydrogens is 217 g/mol. The fourth-order valence-electron chi connectivity index (χ4n) is 1.38. The number of nitrogens with one attached hydrogen (secondary N) is 1. The molecule has 2 heterocycles. The standard InChI is InChI=1S/C8H10FN5O2/c9-1-4(15)2-14-3-11-5-6(14)12-8(10)13-7(5)16/h3-4,15H,1-2H2,(H3,10,12,13,16). The predicted molar refractivity (Wildman–Crippen MR) is 54.5 cm³/mol. The van der Waals surface area contributed by atoms with Crippen molar-refractivity contribution in [2.75, 3.05) is 12.4 Å². The Labute approximate surface area is 88.7 Å². The lowest BCUT2D eigenvalue weighted by Gasteiger charge is -2.07. The molecule has 0 fully saturated rings. The molecule has 0 spiro atoms. The van der Waals surface area contributed by atoms with Crippen LogP contribution < -0.4 is 11.3 Å². The van der Waals surface area contributed by atoms with Gasteiger partial charge in [0.2, 0.25) is 5.95 Å². The van der Waals surface area contributed by atoms with E-state index in [1.165, 1.54) is 10.9 Å². The van der Waals surface area contributed by atoms with E-state index in [0.29, 0.717) is 0 Å². The van der Waals surface area contributed by atoms with Gasteiger partial charge in [-0.2, -0.15) is 4.98 Å². The maximum atomic E-state index is 12.1. The summed E-state index contributed by atoms with van der Waals surface area (Å²) in [5.41, 5.74) is 5.25. The molecule has 0 aliphatic carbocycles. The highest BCUT2D eigenvalue weighted by Gasteiger charge is 2.12. The van der Waals surface area contributed by atoms with Crippen LogP contribution in [-0.2, 0) is 6.54 Å². The Morgan fingerprint density at radius 1 is 1.69 bits per heavy atom. The third kappa shape index (κ3) is 1.74. The first-order valence-electron chi connectivity index (χ1n) is 4.56. The fraction of sp³-hybridized carbons (Fsp3) is 0.375. The number of alkyl halides is 1. The zero-order valence-electron chi connectivity index (χ0n) is 8.22. The Morgan fingerprint density at radius 2 is 2.44 bits per heavy atom. The Kier molecular flexibility index (Phi) is 2.57. The minimum absolute atomic E-state index is 0.0249. The molecule has 2 aromatic rings. The van der Waals surface area contributed by atoms with Crippen molar-refractivity contribution in [2.45, 2.75) is 12.6 Å². The van der Waals surface area contributed by atoms with Gasteiger partial charge in [0.25, 0.3) is 5.56 Å². The smallest absolute Gasteiger partial charge is 0.280 e. The second-order valence-electron chi connectivity index (χ2n) is 3.33. The van der Waals surface area contributed by atoms with Gasteiger partial charge in [0.1, 0.15) is 12.8 Å². The van der Waals surface area contributed by atoms with E-state index in [1.807, 2.05) is 0 Å². The van der Waals surface area contributed by atoms with Crippen LogP contribution in [0.4, 0.5) is 10.3 Å². The number of anilines is 1. The number of nitrogens with zero attached hydrogens (tertiary/aromatic N) is 3. The number of hydrogen-bond acceptors (Lipinski definition) is 5. The number of aliphatic hydroxyl groups excluding tert-OH is 1. The first-order chi connectivity index (χ1) is 7.61. The number of H-pyrrole nitrogens is 1. The molecular formula is C8H10FN5O2. The van der Waals surface area contributed by atoms with Crippen LogP contribution >= 0.6 is 0 Å². The van der Waals surface area contributed by atoms with Crippen LogP contribution in [0.1, 0.15) is 0 Å². The number of aromatic nitrogens is 4. The molecule has 1 unspecified atom stereocenters. The molecule has 0 saturated carbocycles. The minimum Gasteiger partial charge on any atom is -0.389 e. The lowest BCUT2D eigenvalue weighted by Crippen LogP contribution is -2.18. The normalized spacial score (nSPS) is 13.1. The first kappa shape index (κ1) is 10.6. The lowest BCUT2D eigenvalue weighted by atomic mass is 10.4. The molecule has 0 aromatic carbocycles. The molecule has 0 bridgehead atoms. The Bertz CT molecular complexity index is 563. The van der Waals surface area contributed by atoms with Crippen LogP contribution in [0.25, 0.3) is 11.2 Å². The maximum Gasteiger partial charge on any atom is 0.280 e. The summed E-state index contributed by atoms with van der Waals surface area (Å²) in [4.78, 5) is 21.4. The van der Waals surface area contributed by atoms with Crippen LogP contribution in [0, 0.1) is 0 Å². The highest BCUT2D eigenvalue weighted by Crippen LogP contribution is 2.07. The largest absolute Gasteiger partial charge is 0.389 e. The summed E-state index contributed by atoms with van der Waals surface area (Å²) < 4.78 is 13.5. The number of nitrogens with two attached hydrogens (primary N) is 1. The molecule has 2 aromatic heterocycles. The second kappa shape index (κ2) is 3.89. The maximum absolute atomic E-state index is 12.1. The van der Waals surface area contributed by atoms with Crippen molar-refractivity contribution < 1.29 is 9.50 Å². The molecule has 4 N–H and O–H groups in total. The Balaban J connectivity index is 2.51. The van der Waals surface area contributed by atoms with Crippen molar-refractivity contribution in [1.82, 2.24) is 19.5 Å². The summed E-state index contributed by atoms with van der Waals surface area (Å²) in [5, 5.41) is 9.16. The molecule has 0 radical (unpaired) electrons. The third-order valence-corrected chi connectivity index (χ3v) is 2.08. The van der Waals surface area contributed by atoms with Crippen LogP contribution in [-0.4, -0.2) is 37.4 Å². The number of rotatable bonds is 3. The van der Waals surface area contributed by atoms with Crippen LogP contribution in [0.5, 0.6) is 0 Å². The number of halogens is 1. The SMILES string of the molecule is Nc1nc2c(ncn2CC(O)CF)c(=O)[nH]1. The number of hydrogen-bond donors (Lipinski definition) is 3. The van der Waals surface area contributed by atoms with Crippen molar-refractivity contribution >= 4 is 17.1 Å². The van der Waals surface area contributed by atoms with E-state index >= 15 is 0 Å². The summed E-state index contributed by atoms with van der Waals surface area (Å²) in [6.45, 7) is -0.902. The van der Waals surface area contributed by atoms with Gasteiger partial charge in [-0.15, -0.1) is 0 Å². The average Bonchev–Trinajstić information content (AvgIpc) is 2.61. The molecule has 0 aliphatic rings.